The molecule has 19 heavy (non-hydrogen) atoms. The first kappa shape index (κ1) is 15.5. The summed E-state index contributed by atoms with van der Waals surface area (Å²) in [5.74, 6) is -4.13. The van der Waals surface area contributed by atoms with E-state index in [0.29, 0.717) is 0 Å². The second kappa shape index (κ2) is 4.54. The van der Waals surface area contributed by atoms with Crippen LogP contribution in [-0.4, -0.2) is 59.5 Å². The first-order chi connectivity index (χ1) is 8.39. The summed E-state index contributed by atoms with van der Waals surface area (Å²) in [6.07, 6.45) is -10.4. The SMILES string of the molecule is O=C(O)COC1(C(F)(F)F)CN(C(=O)C(F)(F)F)C1. The Morgan fingerprint density at radius 2 is 1.63 bits per heavy atom. The van der Waals surface area contributed by atoms with Gasteiger partial charge < -0.3 is 14.7 Å². The highest BCUT2D eigenvalue weighted by Gasteiger charge is 2.66. The van der Waals surface area contributed by atoms with E-state index in [1.807, 2.05) is 0 Å². The van der Waals surface area contributed by atoms with Crippen LogP contribution in [-0.2, 0) is 14.3 Å². The van der Waals surface area contributed by atoms with Crippen molar-refractivity contribution in [1.29, 1.82) is 0 Å². The molecule has 110 valence electrons. The Labute approximate surface area is 101 Å². The average molecular weight is 295 g/mol. The molecule has 0 aromatic carbocycles. The van der Waals surface area contributed by atoms with E-state index in [4.69, 9.17) is 5.11 Å². The molecular formula is C8H7F6NO4. The maximum Gasteiger partial charge on any atom is 0.471 e. The maximum atomic E-state index is 12.6. The highest BCUT2D eigenvalue weighted by atomic mass is 19.4. The molecule has 11 heteroatoms. The minimum absolute atomic E-state index is 0.102. The summed E-state index contributed by atoms with van der Waals surface area (Å²) in [5, 5.41) is 8.21. The number of carbonyl (C=O) groups is 2. The normalized spacial score (nSPS) is 18.9. The molecule has 0 saturated carbocycles. The third kappa shape index (κ3) is 3.08. The van der Waals surface area contributed by atoms with Crippen molar-refractivity contribution in [3.05, 3.63) is 0 Å². The summed E-state index contributed by atoms with van der Waals surface area (Å²) in [5.41, 5.74) is -3.06. The van der Waals surface area contributed by atoms with Gasteiger partial charge in [0, 0.05) is 0 Å². The van der Waals surface area contributed by atoms with Gasteiger partial charge in [-0.05, 0) is 0 Å². The average Bonchev–Trinajstić information content (AvgIpc) is 2.10. The van der Waals surface area contributed by atoms with Crippen LogP contribution in [0.15, 0.2) is 0 Å². The monoisotopic (exact) mass is 295 g/mol. The fourth-order valence-electron chi connectivity index (χ4n) is 1.45. The summed E-state index contributed by atoms with van der Waals surface area (Å²) in [6, 6.07) is 0. The third-order valence-corrected chi connectivity index (χ3v) is 2.41. The van der Waals surface area contributed by atoms with Crippen molar-refractivity contribution in [3.63, 3.8) is 0 Å². The number of alkyl halides is 6. The molecule has 0 aliphatic carbocycles. The number of amides is 1. The van der Waals surface area contributed by atoms with Crippen LogP contribution in [0.1, 0.15) is 0 Å². The molecule has 0 bridgehead atoms. The smallest absolute Gasteiger partial charge is 0.471 e. The fourth-order valence-corrected chi connectivity index (χ4v) is 1.45. The van der Waals surface area contributed by atoms with Gasteiger partial charge >= 0.3 is 24.2 Å². The van der Waals surface area contributed by atoms with Crippen molar-refractivity contribution in [2.24, 2.45) is 0 Å². The van der Waals surface area contributed by atoms with E-state index in [1.165, 1.54) is 0 Å². The first-order valence-corrected chi connectivity index (χ1v) is 4.68. The van der Waals surface area contributed by atoms with Crippen LogP contribution in [0.2, 0.25) is 0 Å². The molecule has 0 unspecified atom stereocenters. The molecule has 0 aromatic rings. The number of likely N-dealkylation sites (tertiary alicyclic amines) is 1. The molecule has 0 aromatic heterocycles. The molecule has 1 N–H and O–H groups in total. The van der Waals surface area contributed by atoms with Crippen LogP contribution in [0.25, 0.3) is 0 Å². The quantitative estimate of drug-likeness (QED) is 0.782. The fraction of sp³-hybridized carbons (Fsp3) is 0.750. The van der Waals surface area contributed by atoms with Crippen LogP contribution >= 0.6 is 0 Å². The molecule has 0 radical (unpaired) electrons. The summed E-state index contributed by atoms with van der Waals surface area (Å²) in [6.45, 7) is -4.10. The molecule has 1 amide bonds. The molecule has 1 rings (SSSR count). The van der Waals surface area contributed by atoms with Gasteiger partial charge in [0.25, 0.3) is 0 Å². The van der Waals surface area contributed by atoms with Crippen LogP contribution in [0.3, 0.4) is 0 Å². The molecule has 1 aliphatic rings. The van der Waals surface area contributed by atoms with Crippen LogP contribution in [0.4, 0.5) is 26.3 Å². The largest absolute Gasteiger partial charge is 0.480 e. The Hall–Kier alpha value is -1.52. The Morgan fingerprint density at radius 3 is 1.95 bits per heavy atom. The zero-order chi connectivity index (χ0) is 15.1. The van der Waals surface area contributed by atoms with Gasteiger partial charge in [-0.15, -0.1) is 0 Å². The molecular weight excluding hydrogens is 288 g/mol. The Kier molecular flexibility index (Phi) is 3.72. The lowest BCUT2D eigenvalue weighted by atomic mass is 9.92. The molecule has 1 heterocycles. The summed E-state index contributed by atoms with van der Waals surface area (Å²) >= 11 is 0. The summed E-state index contributed by atoms with van der Waals surface area (Å²) in [7, 11) is 0. The topological polar surface area (TPSA) is 66.8 Å². The molecule has 1 fully saturated rings. The van der Waals surface area contributed by atoms with E-state index in [9.17, 15) is 35.9 Å². The highest BCUT2D eigenvalue weighted by molar-refractivity contribution is 5.83. The summed E-state index contributed by atoms with van der Waals surface area (Å²) in [4.78, 5) is 20.7. The predicted molar refractivity (Wildman–Crippen MR) is 45.0 cm³/mol. The second-order valence-corrected chi connectivity index (χ2v) is 3.83. The molecule has 0 atom stereocenters. The van der Waals surface area contributed by atoms with Crippen molar-refractivity contribution in [2.75, 3.05) is 19.7 Å². The third-order valence-electron chi connectivity index (χ3n) is 2.41. The number of carboxylic acid groups (broad SMARTS) is 1. The number of aliphatic carboxylic acids is 1. The van der Waals surface area contributed by atoms with Gasteiger partial charge in [-0.3, -0.25) is 4.79 Å². The van der Waals surface area contributed by atoms with Crippen molar-refractivity contribution < 1.29 is 45.8 Å². The van der Waals surface area contributed by atoms with Crippen LogP contribution in [0, 0.1) is 0 Å². The zero-order valence-electron chi connectivity index (χ0n) is 9.01. The minimum atomic E-state index is -5.29. The lowest BCUT2D eigenvalue weighted by molar-refractivity contribution is -0.316. The molecule has 1 aliphatic heterocycles. The lowest BCUT2D eigenvalue weighted by Crippen LogP contribution is -2.73. The molecule has 1 saturated heterocycles. The van der Waals surface area contributed by atoms with Crippen LogP contribution < -0.4 is 0 Å². The van der Waals surface area contributed by atoms with Gasteiger partial charge in [0.15, 0.2) is 5.60 Å². The lowest BCUT2D eigenvalue weighted by Gasteiger charge is -2.49. The summed E-state index contributed by atoms with van der Waals surface area (Å²) < 4.78 is 77.8. The van der Waals surface area contributed by atoms with Crippen molar-refractivity contribution >= 4 is 11.9 Å². The number of rotatable bonds is 3. The molecule has 5 nitrogen and oxygen atoms in total. The minimum Gasteiger partial charge on any atom is -0.480 e. The van der Waals surface area contributed by atoms with Gasteiger partial charge in [0.2, 0.25) is 0 Å². The van der Waals surface area contributed by atoms with Crippen LogP contribution in [0.5, 0.6) is 0 Å². The van der Waals surface area contributed by atoms with Crippen molar-refractivity contribution in [2.45, 2.75) is 18.0 Å². The van der Waals surface area contributed by atoms with E-state index in [0.717, 1.165) is 0 Å². The van der Waals surface area contributed by atoms with E-state index in [1.54, 1.807) is 0 Å². The maximum absolute atomic E-state index is 12.6. The van der Waals surface area contributed by atoms with E-state index in [2.05, 4.69) is 4.74 Å². The predicted octanol–water partition coefficient (Wildman–Crippen LogP) is 0.793. The standard InChI is InChI=1S/C8H7F6NO4/c9-7(10,11)5(18)15-2-6(3-15,8(12,13)14)19-1-4(16)17/h1-3H2,(H,16,17). The highest BCUT2D eigenvalue weighted by Crippen LogP contribution is 2.42. The van der Waals surface area contributed by atoms with E-state index >= 15 is 0 Å². The number of carboxylic acids is 1. The first-order valence-electron chi connectivity index (χ1n) is 4.68. The van der Waals surface area contributed by atoms with Crippen molar-refractivity contribution in [1.82, 2.24) is 4.90 Å². The number of nitrogens with zero attached hydrogens (tertiary/aromatic N) is 1. The molecule has 0 spiro atoms. The number of halogens is 6. The van der Waals surface area contributed by atoms with Gasteiger partial charge in [-0.1, -0.05) is 0 Å². The van der Waals surface area contributed by atoms with Gasteiger partial charge in [-0.25, -0.2) is 4.79 Å². The van der Waals surface area contributed by atoms with Gasteiger partial charge in [-0.2, -0.15) is 26.3 Å². The Morgan fingerprint density at radius 1 is 1.16 bits per heavy atom. The van der Waals surface area contributed by atoms with Gasteiger partial charge in [0.05, 0.1) is 13.1 Å². The van der Waals surface area contributed by atoms with Crippen molar-refractivity contribution in [3.8, 4) is 0 Å². The number of hydrogen-bond acceptors (Lipinski definition) is 3. The second-order valence-electron chi connectivity index (χ2n) is 3.83. The number of carbonyl (C=O) groups excluding carboxylic acids is 1. The van der Waals surface area contributed by atoms with E-state index in [-0.39, 0.29) is 4.90 Å². The number of hydrogen-bond donors (Lipinski definition) is 1. The Balaban J connectivity index is 2.75. The number of ether oxygens (including phenoxy) is 1. The Bertz CT molecular complexity index is 384. The van der Waals surface area contributed by atoms with Gasteiger partial charge in [0.1, 0.15) is 6.61 Å². The van der Waals surface area contributed by atoms with E-state index < -0.39 is 49.5 Å². The zero-order valence-corrected chi connectivity index (χ0v) is 9.01.